The molecule has 0 bridgehead atoms. The zero-order valence-electron chi connectivity index (χ0n) is 15.0. The number of rotatable bonds is 5. The highest BCUT2D eigenvalue weighted by molar-refractivity contribution is 5.30. The summed E-state index contributed by atoms with van der Waals surface area (Å²) in [6.45, 7) is 6.40. The molecule has 0 atom stereocenters. The van der Waals surface area contributed by atoms with Crippen LogP contribution in [0, 0.1) is 36.4 Å². The number of ether oxygens (including phenoxy) is 1. The summed E-state index contributed by atoms with van der Waals surface area (Å²) >= 11 is 0. The third kappa shape index (κ3) is 4.20. The molecule has 0 aromatic heterocycles. The van der Waals surface area contributed by atoms with Gasteiger partial charge in [0.05, 0.1) is 6.61 Å². The smallest absolute Gasteiger partial charge is 0.167 e. The van der Waals surface area contributed by atoms with Crippen molar-refractivity contribution in [2.24, 2.45) is 23.7 Å². The number of allylic oxidation sites excluding steroid dienone is 1. The van der Waals surface area contributed by atoms with Crippen molar-refractivity contribution in [2.75, 3.05) is 6.61 Å². The van der Waals surface area contributed by atoms with Gasteiger partial charge in [-0.3, -0.25) is 0 Å². The molecule has 0 heterocycles. The SMILES string of the molecule is C=CC1CCC(C2CCC(COc3cccc(C)c3F)CC2)CC1. The molecule has 2 saturated carbocycles. The van der Waals surface area contributed by atoms with E-state index in [1.807, 2.05) is 6.07 Å². The fourth-order valence-corrected chi connectivity index (χ4v) is 4.62. The molecule has 0 N–H and O–H groups in total. The van der Waals surface area contributed by atoms with Gasteiger partial charge in [0.2, 0.25) is 0 Å². The lowest BCUT2D eigenvalue weighted by atomic mass is 9.69. The van der Waals surface area contributed by atoms with Crippen molar-refractivity contribution in [3.8, 4) is 5.75 Å². The minimum Gasteiger partial charge on any atom is -0.490 e. The van der Waals surface area contributed by atoms with E-state index in [-0.39, 0.29) is 5.82 Å². The maximum atomic E-state index is 14.0. The molecule has 0 amide bonds. The maximum absolute atomic E-state index is 14.0. The van der Waals surface area contributed by atoms with E-state index in [1.165, 1.54) is 51.4 Å². The molecule has 1 aromatic carbocycles. The third-order valence-corrected chi connectivity index (χ3v) is 6.34. The summed E-state index contributed by atoms with van der Waals surface area (Å²) in [6, 6.07) is 5.39. The van der Waals surface area contributed by atoms with Crippen LogP contribution >= 0.6 is 0 Å². The van der Waals surface area contributed by atoms with E-state index in [1.54, 1.807) is 19.1 Å². The molecule has 2 aliphatic carbocycles. The first-order chi connectivity index (χ1) is 11.7. The van der Waals surface area contributed by atoms with Crippen LogP contribution in [0.25, 0.3) is 0 Å². The van der Waals surface area contributed by atoms with Gasteiger partial charge < -0.3 is 4.74 Å². The van der Waals surface area contributed by atoms with Crippen molar-refractivity contribution in [2.45, 2.75) is 58.3 Å². The second-order valence-corrected chi connectivity index (χ2v) is 7.89. The van der Waals surface area contributed by atoms with Crippen molar-refractivity contribution < 1.29 is 9.13 Å². The van der Waals surface area contributed by atoms with Crippen molar-refractivity contribution in [1.29, 1.82) is 0 Å². The van der Waals surface area contributed by atoms with Gasteiger partial charge in [-0.2, -0.15) is 0 Å². The van der Waals surface area contributed by atoms with Gasteiger partial charge in [-0.1, -0.05) is 18.2 Å². The molecule has 0 aliphatic heterocycles. The highest BCUT2D eigenvalue weighted by Gasteiger charge is 2.30. The summed E-state index contributed by atoms with van der Waals surface area (Å²) in [5.74, 6) is 3.39. The molecule has 132 valence electrons. The average molecular weight is 330 g/mol. The second kappa shape index (κ2) is 8.18. The van der Waals surface area contributed by atoms with Crippen molar-refractivity contribution in [3.63, 3.8) is 0 Å². The minimum absolute atomic E-state index is 0.204. The van der Waals surface area contributed by atoms with Gasteiger partial charge in [0, 0.05) is 0 Å². The standard InChI is InChI=1S/C22H31FO/c1-3-17-7-11-19(12-8-17)20-13-9-18(10-14-20)15-24-21-6-4-5-16(2)22(21)23/h3-6,17-20H,1,7-15H2,2H3. The molecule has 24 heavy (non-hydrogen) atoms. The fourth-order valence-electron chi connectivity index (χ4n) is 4.62. The quantitative estimate of drug-likeness (QED) is 0.575. The van der Waals surface area contributed by atoms with Crippen LogP contribution in [0.15, 0.2) is 30.9 Å². The third-order valence-electron chi connectivity index (χ3n) is 6.34. The molecule has 3 rings (SSSR count). The predicted octanol–water partition coefficient (Wildman–Crippen LogP) is 6.31. The second-order valence-electron chi connectivity index (χ2n) is 7.89. The van der Waals surface area contributed by atoms with E-state index >= 15 is 0 Å². The summed E-state index contributed by atoms with van der Waals surface area (Å²) < 4.78 is 19.8. The van der Waals surface area contributed by atoms with Gasteiger partial charge in [-0.15, -0.1) is 6.58 Å². The lowest BCUT2D eigenvalue weighted by Gasteiger charge is -2.37. The van der Waals surface area contributed by atoms with E-state index < -0.39 is 0 Å². The minimum atomic E-state index is -0.204. The molecule has 0 radical (unpaired) electrons. The number of benzene rings is 1. The van der Waals surface area contributed by atoms with E-state index in [2.05, 4.69) is 12.7 Å². The Balaban J connectivity index is 1.42. The predicted molar refractivity (Wildman–Crippen MR) is 97.7 cm³/mol. The zero-order valence-corrected chi connectivity index (χ0v) is 15.0. The van der Waals surface area contributed by atoms with Crippen molar-refractivity contribution in [1.82, 2.24) is 0 Å². The summed E-state index contributed by atoms with van der Waals surface area (Å²) in [4.78, 5) is 0. The molecule has 2 heteroatoms. The normalized spacial score (nSPS) is 30.8. The first-order valence-corrected chi connectivity index (χ1v) is 9.67. The summed E-state index contributed by atoms with van der Waals surface area (Å²) in [6.07, 6.45) is 12.7. The number of hydrogen-bond donors (Lipinski definition) is 0. The highest BCUT2D eigenvalue weighted by atomic mass is 19.1. The summed E-state index contributed by atoms with van der Waals surface area (Å²) in [5, 5.41) is 0. The molecule has 2 aliphatic rings. The van der Waals surface area contributed by atoms with Crippen molar-refractivity contribution in [3.05, 3.63) is 42.2 Å². The Morgan fingerprint density at radius 2 is 1.67 bits per heavy atom. The van der Waals surface area contributed by atoms with Gasteiger partial charge in [-0.05, 0) is 93.6 Å². The monoisotopic (exact) mass is 330 g/mol. The van der Waals surface area contributed by atoms with Crippen LogP contribution in [0.4, 0.5) is 4.39 Å². The van der Waals surface area contributed by atoms with Gasteiger partial charge in [0.25, 0.3) is 0 Å². The van der Waals surface area contributed by atoms with Crippen molar-refractivity contribution >= 4 is 0 Å². The largest absolute Gasteiger partial charge is 0.490 e. The van der Waals surface area contributed by atoms with Crippen LogP contribution in [-0.4, -0.2) is 6.61 Å². The number of aryl methyl sites for hydroxylation is 1. The Kier molecular flexibility index (Phi) is 5.97. The summed E-state index contributed by atoms with van der Waals surface area (Å²) in [7, 11) is 0. The molecule has 2 fully saturated rings. The Morgan fingerprint density at radius 3 is 2.29 bits per heavy atom. The molecular weight excluding hydrogens is 299 g/mol. The Morgan fingerprint density at radius 1 is 1.04 bits per heavy atom. The average Bonchev–Trinajstić information content (AvgIpc) is 2.63. The fraction of sp³-hybridized carbons (Fsp3) is 0.636. The van der Waals surface area contributed by atoms with E-state index in [0.717, 1.165) is 17.8 Å². The van der Waals surface area contributed by atoms with Gasteiger partial charge >= 0.3 is 0 Å². The maximum Gasteiger partial charge on any atom is 0.167 e. The van der Waals surface area contributed by atoms with Crippen LogP contribution in [0.1, 0.15) is 56.9 Å². The number of hydrogen-bond acceptors (Lipinski definition) is 1. The molecule has 0 spiro atoms. The Hall–Kier alpha value is -1.31. The van der Waals surface area contributed by atoms with Crippen LogP contribution in [0.3, 0.4) is 0 Å². The van der Waals surface area contributed by atoms with E-state index in [4.69, 9.17) is 4.74 Å². The lowest BCUT2D eigenvalue weighted by Crippen LogP contribution is -2.27. The van der Waals surface area contributed by atoms with Crippen LogP contribution in [-0.2, 0) is 0 Å². The Bertz CT molecular complexity index is 537. The first-order valence-electron chi connectivity index (χ1n) is 9.67. The molecule has 1 aromatic rings. The first kappa shape index (κ1) is 17.5. The van der Waals surface area contributed by atoms with Crippen LogP contribution in [0.2, 0.25) is 0 Å². The van der Waals surface area contributed by atoms with Crippen LogP contribution < -0.4 is 4.74 Å². The molecular formula is C22H31FO. The van der Waals surface area contributed by atoms with E-state index in [9.17, 15) is 4.39 Å². The van der Waals surface area contributed by atoms with Gasteiger partial charge in [0.1, 0.15) is 0 Å². The van der Waals surface area contributed by atoms with Gasteiger partial charge in [0.15, 0.2) is 11.6 Å². The molecule has 0 saturated heterocycles. The Labute approximate surface area is 146 Å². The lowest BCUT2D eigenvalue weighted by molar-refractivity contribution is 0.127. The topological polar surface area (TPSA) is 9.23 Å². The van der Waals surface area contributed by atoms with Crippen LogP contribution in [0.5, 0.6) is 5.75 Å². The van der Waals surface area contributed by atoms with Gasteiger partial charge in [-0.25, -0.2) is 4.39 Å². The zero-order chi connectivity index (χ0) is 16.9. The van der Waals surface area contributed by atoms with E-state index in [0.29, 0.717) is 23.8 Å². The molecule has 0 unspecified atom stereocenters. The number of halogens is 1. The molecule has 1 nitrogen and oxygen atoms in total. The summed E-state index contributed by atoms with van der Waals surface area (Å²) in [5.41, 5.74) is 0.659. The highest BCUT2D eigenvalue weighted by Crippen LogP contribution is 2.41.